The highest BCUT2D eigenvalue weighted by Gasteiger charge is 2.33. The van der Waals surface area contributed by atoms with Gasteiger partial charge in [0.05, 0.1) is 6.61 Å². The van der Waals surface area contributed by atoms with E-state index in [2.05, 4.69) is 0 Å². The van der Waals surface area contributed by atoms with Crippen molar-refractivity contribution in [2.24, 2.45) is 11.7 Å². The first-order chi connectivity index (χ1) is 8.24. The second kappa shape index (κ2) is 4.48. The Morgan fingerprint density at radius 1 is 1.35 bits per heavy atom. The van der Waals surface area contributed by atoms with Gasteiger partial charge in [0, 0.05) is 35.6 Å². The predicted octanol–water partition coefficient (Wildman–Crippen LogP) is 2.53. The van der Waals surface area contributed by atoms with Crippen molar-refractivity contribution in [3.8, 4) is 5.75 Å². The third-order valence-electron chi connectivity index (χ3n) is 3.63. The fourth-order valence-corrected chi connectivity index (χ4v) is 2.82. The molecule has 17 heavy (non-hydrogen) atoms. The fraction of sp³-hybridized carbons (Fsp3) is 0.538. The molecule has 0 amide bonds. The van der Waals surface area contributed by atoms with E-state index >= 15 is 0 Å². The molecule has 92 valence electrons. The van der Waals surface area contributed by atoms with Gasteiger partial charge in [-0.05, 0) is 24.6 Å². The van der Waals surface area contributed by atoms with Crippen molar-refractivity contribution in [1.82, 2.24) is 0 Å². The maximum absolute atomic E-state index is 6.19. The van der Waals surface area contributed by atoms with Crippen LogP contribution in [0.15, 0.2) is 18.2 Å². The third kappa shape index (κ3) is 2.15. The highest BCUT2D eigenvalue weighted by Crippen LogP contribution is 2.38. The monoisotopic (exact) mass is 253 g/mol. The van der Waals surface area contributed by atoms with E-state index in [0.29, 0.717) is 10.9 Å². The van der Waals surface area contributed by atoms with E-state index in [0.717, 1.165) is 37.4 Å². The van der Waals surface area contributed by atoms with Crippen molar-refractivity contribution in [1.29, 1.82) is 0 Å². The molecular weight excluding hydrogens is 238 g/mol. The Kier molecular flexibility index (Phi) is 2.99. The Morgan fingerprint density at radius 3 is 3.00 bits per heavy atom. The van der Waals surface area contributed by atoms with Crippen LogP contribution in [0.5, 0.6) is 5.75 Å². The first kappa shape index (κ1) is 11.3. The number of halogens is 1. The van der Waals surface area contributed by atoms with E-state index in [1.165, 1.54) is 0 Å². The molecule has 2 heterocycles. The molecule has 0 saturated carbocycles. The summed E-state index contributed by atoms with van der Waals surface area (Å²) in [5, 5.41) is 0.713. The van der Waals surface area contributed by atoms with Gasteiger partial charge in [0.2, 0.25) is 0 Å². The molecule has 1 saturated heterocycles. The van der Waals surface area contributed by atoms with Crippen molar-refractivity contribution < 1.29 is 9.47 Å². The van der Waals surface area contributed by atoms with Crippen LogP contribution in [0.25, 0.3) is 0 Å². The van der Waals surface area contributed by atoms with Gasteiger partial charge in [-0.25, -0.2) is 0 Å². The van der Waals surface area contributed by atoms with E-state index in [1.807, 2.05) is 18.2 Å². The Bertz CT molecular complexity index is 418. The van der Waals surface area contributed by atoms with E-state index < -0.39 is 0 Å². The van der Waals surface area contributed by atoms with Gasteiger partial charge in [0.25, 0.3) is 0 Å². The van der Waals surface area contributed by atoms with Crippen LogP contribution in [0, 0.1) is 5.92 Å². The Labute approximate surface area is 106 Å². The lowest BCUT2D eigenvalue weighted by Crippen LogP contribution is -2.35. The van der Waals surface area contributed by atoms with Crippen LogP contribution in [0.4, 0.5) is 0 Å². The molecule has 2 N–H and O–H groups in total. The normalized spacial score (nSPS) is 32.0. The van der Waals surface area contributed by atoms with Crippen LogP contribution < -0.4 is 10.5 Å². The number of nitrogens with two attached hydrogens (primary N) is 1. The summed E-state index contributed by atoms with van der Waals surface area (Å²) >= 11 is 5.97. The Hall–Kier alpha value is -0.770. The van der Waals surface area contributed by atoms with Gasteiger partial charge in [-0.2, -0.15) is 0 Å². The predicted molar refractivity (Wildman–Crippen MR) is 66.3 cm³/mol. The number of hydrogen-bond donors (Lipinski definition) is 1. The van der Waals surface area contributed by atoms with Crippen molar-refractivity contribution in [2.45, 2.75) is 25.0 Å². The molecule has 3 unspecified atom stereocenters. The van der Waals surface area contributed by atoms with Gasteiger partial charge in [0.15, 0.2) is 0 Å². The lowest BCUT2D eigenvalue weighted by atomic mass is 9.90. The van der Waals surface area contributed by atoms with Crippen LogP contribution in [0.3, 0.4) is 0 Å². The molecule has 0 radical (unpaired) electrons. The fourth-order valence-electron chi connectivity index (χ4n) is 2.64. The zero-order valence-corrected chi connectivity index (χ0v) is 10.3. The largest absolute Gasteiger partial charge is 0.490 e. The molecular formula is C13H16ClNO2. The molecule has 3 nitrogen and oxygen atoms in total. The molecule has 0 spiro atoms. The zero-order valence-electron chi connectivity index (χ0n) is 9.56. The number of hydrogen-bond acceptors (Lipinski definition) is 3. The summed E-state index contributed by atoms with van der Waals surface area (Å²) in [7, 11) is 0. The summed E-state index contributed by atoms with van der Waals surface area (Å²) < 4.78 is 11.4. The minimum atomic E-state index is 0.0167. The highest BCUT2D eigenvalue weighted by atomic mass is 35.5. The first-order valence-corrected chi connectivity index (χ1v) is 6.41. The van der Waals surface area contributed by atoms with Gasteiger partial charge in [-0.15, -0.1) is 0 Å². The molecule has 2 aliphatic heterocycles. The topological polar surface area (TPSA) is 44.5 Å². The van der Waals surface area contributed by atoms with Gasteiger partial charge < -0.3 is 15.2 Å². The third-order valence-corrected chi connectivity index (χ3v) is 3.86. The quantitative estimate of drug-likeness (QED) is 0.837. The molecule has 4 heteroatoms. The van der Waals surface area contributed by atoms with Gasteiger partial charge in [0.1, 0.15) is 11.9 Å². The van der Waals surface area contributed by atoms with Crippen molar-refractivity contribution in [3.63, 3.8) is 0 Å². The summed E-state index contributed by atoms with van der Waals surface area (Å²) in [6, 6.07) is 5.69. The van der Waals surface area contributed by atoms with Crippen molar-refractivity contribution >= 4 is 11.6 Å². The molecule has 3 atom stereocenters. The number of rotatable bonds is 1. The van der Waals surface area contributed by atoms with Gasteiger partial charge in [-0.1, -0.05) is 11.6 Å². The standard InChI is InChI=1S/C13H16ClNO2/c14-9-1-2-12-10(5-9)11(15)6-13(17-12)8-3-4-16-7-8/h1-2,5,8,11,13H,3-4,6-7,15H2. The summed E-state index contributed by atoms with van der Waals surface area (Å²) in [5.41, 5.74) is 7.21. The Morgan fingerprint density at radius 2 is 2.24 bits per heavy atom. The van der Waals surface area contributed by atoms with Crippen LogP contribution >= 0.6 is 11.6 Å². The molecule has 0 bridgehead atoms. The maximum Gasteiger partial charge on any atom is 0.124 e. The summed E-state index contributed by atoms with van der Waals surface area (Å²) in [6.45, 7) is 1.63. The molecule has 0 aliphatic carbocycles. The van der Waals surface area contributed by atoms with Crippen LogP contribution in [-0.2, 0) is 4.74 Å². The van der Waals surface area contributed by atoms with Crippen molar-refractivity contribution in [2.75, 3.05) is 13.2 Å². The average molecular weight is 254 g/mol. The average Bonchev–Trinajstić information content (AvgIpc) is 2.83. The molecule has 1 aromatic rings. The van der Waals surface area contributed by atoms with E-state index in [-0.39, 0.29) is 12.1 Å². The van der Waals surface area contributed by atoms with E-state index in [9.17, 15) is 0 Å². The molecule has 0 aromatic heterocycles. The number of fused-ring (bicyclic) bond motifs is 1. The lowest BCUT2D eigenvalue weighted by molar-refractivity contribution is 0.0855. The summed E-state index contributed by atoms with van der Waals surface area (Å²) in [6.07, 6.45) is 2.10. The molecule has 2 aliphatic rings. The van der Waals surface area contributed by atoms with E-state index in [4.69, 9.17) is 26.8 Å². The van der Waals surface area contributed by atoms with Gasteiger partial charge in [-0.3, -0.25) is 0 Å². The lowest BCUT2D eigenvalue weighted by Gasteiger charge is -2.33. The van der Waals surface area contributed by atoms with E-state index in [1.54, 1.807) is 0 Å². The maximum atomic E-state index is 6.19. The SMILES string of the molecule is NC1CC(C2CCOC2)Oc2ccc(Cl)cc21. The first-order valence-electron chi connectivity index (χ1n) is 6.03. The van der Waals surface area contributed by atoms with Crippen LogP contribution in [0.1, 0.15) is 24.4 Å². The summed E-state index contributed by atoms with van der Waals surface area (Å²) in [4.78, 5) is 0. The zero-order chi connectivity index (χ0) is 11.8. The minimum absolute atomic E-state index is 0.0167. The second-order valence-electron chi connectivity index (χ2n) is 4.80. The molecule has 3 rings (SSSR count). The van der Waals surface area contributed by atoms with Crippen LogP contribution in [0.2, 0.25) is 5.02 Å². The smallest absolute Gasteiger partial charge is 0.124 e. The summed E-state index contributed by atoms with van der Waals surface area (Å²) in [5.74, 6) is 1.36. The molecule has 1 aromatic carbocycles. The molecule has 1 fully saturated rings. The number of benzene rings is 1. The van der Waals surface area contributed by atoms with Crippen molar-refractivity contribution in [3.05, 3.63) is 28.8 Å². The number of ether oxygens (including phenoxy) is 2. The minimum Gasteiger partial charge on any atom is -0.490 e. The second-order valence-corrected chi connectivity index (χ2v) is 5.24. The van der Waals surface area contributed by atoms with Gasteiger partial charge >= 0.3 is 0 Å². The highest BCUT2D eigenvalue weighted by molar-refractivity contribution is 6.30. The Balaban J connectivity index is 1.84. The van der Waals surface area contributed by atoms with Crippen LogP contribution in [-0.4, -0.2) is 19.3 Å².